The molecule has 0 radical (unpaired) electrons. The van der Waals surface area contributed by atoms with Crippen molar-refractivity contribution in [2.24, 2.45) is 0 Å². The van der Waals surface area contributed by atoms with Gasteiger partial charge in [-0.2, -0.15) is 0 Å². The van der Waals surface area contributed by atoms with E-state index >= 15 is 0 Å². The Morgan fingerprint density at radius 3 is 2.15 bits per heavy atom. The van der Waals surface area contributed by atoms with Crippen LogP contribution in [0.4, 0.5) is 5.69 Å². The molecule has 2 aromatic heterocycles. The van der Waals surface area contributed by atoms with Crippen molar-refractivity contribution in [1.82, 2.24) is 9.97 Å². The second kappa shape index (κ2) is 8.01. The number of hydrogen-bond acceptors (Lipinski definition) is 6. The van der Waals surface area contributed by atoms with E-state index in [0.29, 0.717) is 11.1 Å². The molecular weight excluding hydrogens is 346 g/mol. The van der Waals surface area contributed by atoms with Crippen molar-refractivity contribution in [1.29, 1.82) is 0 Å². The number of carbonyl (C=O) groups excluding carboxylic acids is 3. The van der Waals surface area contributed by atoms with Crippen LogP contribution in [0.25, 0.3) is 0 Å². The lowest BCUT2D eigenvalue weighted by Crippen LogP contribution is -2.15. The van der Waals surface area contributed by atoms with Crippen LogP contribution in [0.1, 0.15) is 38.0 Å². The first-order valence-electron chi connectivity index (χ1n) is 8.03. The first-order chi connectivity index (χ1) is 13.0. The Bertz CT molecular complexity index is 989. The van der Waals surface area contributed by atoms with Gasteiger partial charge in [0, 0.05) is 30.4 Å². The molecule has 0 aliphatic carbocycles. The maximum absolute atomic E-state index is 12.4. The van der Waals surface area contributed by atoms with Crippen LogP contribution in [0.2, 0.25) is 0 Å². The summed E-state index contributed by atoms with van der Waals surface area (Å²) in [6.07, 6.45) is 5.87. The molecular formula is C20H15N3O4. The third-order valence-corrected chi connectivity index (χ3v) is 3.66. The van der Waals surface area contributed by atoms with E-state index in [4.69, 9.17) is 4.74 Å². The lowest BCUT2D eigenvalue weighted by atomic mass is 10.1. The molecule has 2 heterocycles. The summed E-state index contributed by atoms with van der Waals surface area (Å²) < 4.78 is 5.40. The van der Waals surface area contributed by atoms with E-state index in [0.717, 1.165) is 0 Å². The molecule has 3 aromatic rings. The standard InChI is InChI=1S/C20H15N3O4/c1-13(24)14-6-7-17(23-19(25)15-4-2-8-21-11-15)18(10-14)27-20(26)16-5-3-9-22-12-16/h2-12H,1H3,(H,23,25). The topological polar surface area (TPSA) is 98.3 Å². The molecule has 0 atom stereocenters. The molecule has 0 fully saturated rings. The molecule has 7 nitrogen and oxygen atoms in total. The fourth-order valence-electron chi connectivity index (χ4n) is 2.26. The lowest BCUT2D eigenvalue weighted by Gasteiger charge is -2.12. The highest BCUT2D eigenvalue weighted by molar-refractivity contribution is 6.06. The van der Waals surface area contributed by atoms with E-state index in [-0.39, 0.29) is 22.8 Å². The Kier molecular flexibility index (Phi) is 5.32. The molecule has 0 aliphatic heterocycles. The van der Waals surface area contributed by atoms with Crippen molar-refractivity contribution in [3.63, 3.8) is 0 Å². The van der Waals surface area contributed by atoms with Crippen LogP contribution in [0.3, 0.4) is 0 Å². The number of carbonyl (C=O) groups is 3. The van der Waals surface area contributed by atoms with Gasteiger partial charge in [-0.25, -0.2) is 4.79 Å². The molecule has 0 saturated carbocycles. The van der Waals surface area contributed by atoms with Crippen molar-refractivity contribution in [3.05, 3.63) is 83.9 Å². The second-order valence-electron chi connectivity index (χ2n) is 5.59. The first kappa shape index (κ1) is 17.9. The van der Waals surface area contributed by atoms with Crippen LogP contribution in [0.15, 0.2) is 67.3 Å². The predicted octanol–water partition coefficient (Wildman–Crippen LogP) is 3.15. The van der Waals surface area contributed by atoms with Crippen molar-refractivity contribution in [3.8, 4) is 5.75 Å². The van der Waals surface area contributed by atoms with Gasteiger partial charge in [-0.3, -0.25) is 19.6 Å². The zero-order valence-electron chi connectivity index (χ0n) is 14.4. The number of ether oxygens (including phenoxy) is 1. The van der Waals surface area contributed by atoms with Gasteiger partial charge in [-0.15, -0.1) is 0 Å². The molecule has 0 bridgehead atoms. The van der Waals surface area contributed by atoms with E-state index in [1.807, 2.05) is 0 Å². The van der Waals surface area contributed by atoms with E-state index in [2.05, 4.69) is 15.3 Å². The van der Waals surface area contributed by atoms with Crippen molar-refractivity contribution in [2.75, 3.05) is 5.32 Å². The minimum absolute atomic E-state index is 0.0637. The van der Waals surface area contributed by atoms with Gasteiger partial charge in [0.2, 0.25) is 0 Å². The summed E-state index contributed by atoms with van der Waals surface area (Å²) in [5, 5.41) is 2.67. The fraction of sp³-hybridized carbons (Fsp3) is 0.0500. The van der Waals surface area contributed by atoms with Gasteiger partial charge >= 0.3 is 5.97 Å². The van der Waals surface area contributed by atoms with Gasteiger partial charge in [-0.05, 0) is 49.4 Å². The van der Waals surface area contributed by atoms with Crippen molar-refractivity contribution < 1.29 is 19.1 Å². The molecule has 0 unspecified atom stereocenters. The highest BCUT2D eigenvalue weighted by Gasteiger charge is 2.16. The van der Waals surface area contributed by atoms with Gasteiger partial charge in [-0.1, -0.05) is 0 Å². The number of hydrogen-bond donors (Lipinski definition) is 1. The summed E-state index contributed by atoms with van der Waals surface area (Å²) >= 11 is 0. The Labute approximate surface area is 155 Å². The number of anilines is 1. The monoisotopic (exact) mass is 361 g/mol. The Hall–Kier alpha value is -3.87. The molecule has 27 heavy (non-hydrogen) atoms. The summed E-state index contributed by atoms with van der Waals surface area (Å²) in [4.78, 5) is 44.1. The number of aromatic nitrogens is 2. The minimum Gasteiger partial charge on any atom is -0.421 e. The Balaban J connectivity index is 1.90. The number of rotatable bonds is 5. The van der Waals surface area contributed by atoms with Gasteiger partial charge in [0.1, 0.15) is 0 Å². The van der Waals surface area contributed by atoms with E-state index < -0.39 is 11.9 Å². The van der Waals surface area contributed by atoms with Crippen LogP contribution in [0.5, 0.6) is 5.75 Å². The molecule has 1 aromatic carbocycles. The Morgan fingerprint density at radius 2 is 1.56 bits per heavy atom. The van der Waals surface area contributed by atoms with E-state index in [1.165, 1.54) is 37.6 Å². The first-order valence-corrected chi connectivity index (χ1v) is 8.03. The number of benzene rings is 1. The maximum Gasteiger partial charge on any atom is 0.345 e. The number of amides is 1. The van der Waals surface area contributed by atoms with Crippen LogP contribution < -0.4 is 10.1 Å². The van der Waals surface area contributed by atoms with Crippen LogP contribution >= 0.6 is 0 Å². The highest BCUT2D eigenvalue weighted by Crippen LogP contribution is 2.27. The molecule has 0 saturated heterocycles. The minimum atomic E-state index is -0.652. The van der Waals surface area contributed by atoms with Crippen molar-refractivity contribution >= 4 is 23.3 Å². The van der Waals surface area contributed by atoms with E-state index in [1.54, 1.807) is 36.5 Å². The SMILES string of the molecule is CC(=O)c1ccc(NC(=O)c2cccnc2)c(OC(=O)c2cccnc2)c1. The molecule has 0 spiro atoms. The van der Waals surface area contributed by atoms with Gasteiger partial charge in [0.15, 0.2) is 11.5 Å². The van der Waals surface area contributed by atoms with Gasteiger partial charge in [0.25, 0.3) is 5.91 Å². The molecule has 134 valence electrons. The third-order valence-electron chi connectivity index (χ3n) is 3.66. The number of nitrogens with one attached hydrogen (secondary N) is 1. The largest absolute Gasteiger partial charge is 0.421 e. The second-order valence-corrected chi connectivity index (χ2v) is 5.59. The third kappa shape index (κ3) is 4.40. The summed E-state index contributed by atoms with van der Waals surface area (Å²) in [6.45, 7) is 1.40. The van der Waals surface area contributed by atoms with Gasteiger partial charge < -0.3 is 10.1 Å². The van der Waals surface area contributed by atoms with Gasteiger partial charge in [0.05, 0.1) is 16.8 Å². The molecule has 3 rings (SSSR count). The van der Waals surface area contributed by atoms with Crippen LogP contribution in [-0.4, -0.2) is 27.6 Å². The summed E-state index contributed by atoms with van der Waals surface area (Å²) in [5.74, 6) is -1.20. The normalized spacial score (nSPS) is 10.1. The smallest absolute Gasteiger partial charge is 0.345 e. The average Bonchev–Trinajstić information content (AvgIpc) is 2.70. The van der Waals surface area contributed by atoms with E-state index in [9.17, 15) is 14.4 Å². The predicted molar refractivity (Wildman–Crippen MR) is 97.8 cm³/mol. The number of nitrogens with zero attached hydrogens (tertiary/aromatic N) is 2. The quantitative estimate of drug-likeness (QED) is 0.426. The molecule has 1 amide bonds. The average molecular weight is 361 g/mol. The number of Topliss-reactive ketones (excluding diaryl/α,β-unsaturated/α-hetero) is 1. The van der Waals surface area contributed by atoms with Crippen LogP contribution in [-0.2, 0) is 0 Å². The highest BCUT2D eigenvalue weighted by atomic mass is 16.5. The number of esters is 1. The maximum atomic E-state index is 12.4. The summed E-state index contributed by atoms with van der Waals surface area (Å²) in [5.41, 5.74) is 1.20. The zero-order chi connectivity index (χ0) is 19.2. The zero-order valence-corrected chi connectivity index (χ0v) is 14.4. The van der Waals surface area contributed by atoms with Crippen LogP contribution in [0, 0.1) is 0 Å². The molecule has 1 N–H and O–H groups in total. The molecule has 0 aliphatic rings. The molecule has 7 heteroatoms. The summed E-state index contributed by atoms with van der Waals surface area (Å²) in [6, 6.07) is 10.9. The van der Waals surface area contributed by atoms with Crippen molar-refractivity contribution in [2.45, 2.75) is 6.92 Å². The fourth-order valence-corrected chi connectivity index (χ4v) is 2.26. The number of ketones is 1. The lowest BCUT2D eigenvalue weighted by molar-refractivity contribution is 0.0733. The summed E-state index contributed by atoms with van der Waals surface area (Å²) in [7, 11) is 0. The Morgan fingerprint density at radius 1 is 0.889 bits per heavy atom. The number of pyridine rings is 2.